The number of halogens is 1. The number of benzene rings is 1. The van der Waals surface area contributed by atoms with Crippen LogP contribution in [0.15, 0.2) is 27.5 Å². The zero-order valence-electron chi connectivity index (χ0n) is 10.3. The van der Waals surface area contributed by atoms with Gasteiger partial charge in [-0.25, -0.2) is 4.98 Å². The van der Waals surface area contributed by atoms with Crippen LogP contribution < -0.4 is 5.56 Å². The highest BCUT2D eigenvalue weighted by Gasteiger charge is 2.18. The second-order valence-electron chi connectivity index (χ2n) is 4.96. The maximum absolute atomic E-state index is 12.6. The average molecular weight is 307 g/mol. The van der Waals surface area contributed by atoms with E-state index in [0.29, 0.717) is 0 Å². The van der Waals surface area contributed by atoms with Crippen molar-refractivity contribution in [1.29, 1.82) is 0 Å². The lowest BCUT2D eigenvalue weighted by atomic mass is 10.1. The third kappa shape index (κ3) is 1.88. The van der Waals surface area contributed by atoms with E-state index in [1.807, 2.05) is 22.8 Å². The molecule has 1 aromatic carbocycles. The van der Waals surface area contributed by atoms with Crippen molar-refractivity contribution in [3.8, 4) is 0 Å². The molecule has 0 spiro atoms. The van der Waals surface area contributed by atoms with Crippen LogP contribution in [-0.4, -0.2) is 9.55 Å². The average Bonchev–Trinajstić information content (AvgIpc) is 2.51. The van der Waals surface area contributed by atoms with E-state index in [-0.39, 0.29) is 11.6 Å². The summed E-state index contributed by atoms with van der Waals surface area (Å²) in [5, 5.41) is 0.718. The van der Waals surface area contributed by atoms with Gasteiger partial charge in [-0.15, -0.1) is 0 Å². The van der Waals surface area contributed by atoms with Crippen LogP contribution in [-0.2, 0) is 6.42 Å². The van der Waals surface area contributed by atoms with Crippen LogP contribution in [0.1, 0.15) is 38.1 Å². The predicted octanol–water partition coefficient (Wildman–Crippen LogP) is 3.45. The SMILES string of the molecule is CC1CCCCc2nc3cc(Br)ccc3c(=O)n21. The van der Waals surface area contributed by atoms with Crippen molar-refractivity contribution in [2.24, 2.45) is 0 Å². The summed E-state index contributed by atoms with van der Waals surface area (Å²) in [6.07, 6.45) is 4.26. The van der Waals surface area contributed by atoms with Crippen LogP contribution in [0.25, 0.3) is 10.9 Å². The molecule has 1 aliphatic rings. The zero-order valence-corrected chi connectivity index (χ0v) is 11.9. The summed E-state index contributed by atoms with van der Waals surface area (Å²) in [6.45, 7) is 2.11. The van der Waals surface area contributed by atoms with Crippen LogP contribution in [0.3, 0.4) is 0 Å². The molecule has 1 atom stereocenters. The highest BCUT2D eigenvalue weighted by atomic mass is 79.9. The molecule has 3 nitrogen and oxygen atoms in total. The molecular weight excluding hydrogens is 292 g/mol. The first kappa shape index (κ1) is 11.9. The van der Waals surface area contributed by atoms with Gasteiger partial charge >= 0.3 is 0 Å². The van der Waals surface area contributed by atoms with E-state index in [9.17, 15) is 4.79 Å². The Morgan fingerprint density at radius 3 is 3.06 bits per heavy atom. The summed E-state index contributed by atoms with van der Waals surface area (Å²) in [5.41, 5.74) is 0.909. The van der Waals surface area contributed by atoms with Crippen LogP contribution >= 0.6 is 15.9 Å². The van der Waals surface area contributed by atoms with Crippen LogP contribution in [0.5, 0.6) is 0 Å². The van der Waals surface area contributed by atoms with Crippen molar-refractivity contribution in [3.63, 3.8) is 0 Å². The van der Waals surface area contributed by atoms with Gasteiger partial charge in [0, 0.05) is 16.9 Å². The molecule has 1 aromatic heterocycles. The third-order valence-electron chi connectivity index (χ3n) is 3.65. The maximum Gasteiger partial charge on any atom is 0.261 e. The molecule has 1 unspecified atom stereocenters. The predicted molar refractivity (Wildman–Crippen MR) is 76.0 cm³/mol. The fourth-order valence-electron chi connectivity index (χ4n) is 2.70. The van der Waals surface area contributed by atoms with Gasteiger partial charge in [0.1, 0.15) is 5.82 Å². The van der Waals surface area contributed by atoms with Crippen molar-refractivity contribution < 1.29 is 0 Å². The molecule has 2 heterocycles. The Bertz CT molecular complexity index is 663. The fourth-order valence-corrected chi connectivity index (χ4v) is 3.05. The lowest BCUT2D eigenvalue weighted by molar-refractivity contribution is 0.487. The monoisotopic (exact) mass is 306 g/mol. The first-order chi connectivity index (χ1) is 8.66. The second kappa shape index (κ2) is 4.50. The van der Waals surface area contributed by atoms with Crippen molar-refractivity contribution in [2.45, 2.75) is 38.6 Å². The topological polar surface area (TPSA) is 34.9 Å². The van der Waals surface area contributed by atoms with Crippen LogP contribution in [0.4, 0.5) is 0 Å². The molecule has 0 bridgehead atoms. The molecule has 0 radical (unpaired) electrons. The minimum absolute atomic E-state index is 0.108. The molecule has 2 aromatic rings. The van der Waals surface area contributed by atoms with Gasteiger partial charge in [0.2, 0.25) is 0 Å². The van der Waals surface area contributed by atoms with Crippen molar-refractivity contribution in [1.82, 2.24) is 9.55 Å². The van der Waals surface area contributed by atoms with Crippen LogP contribution in [0, 0.1) is 0 Å². The van der Waals surface area contributed by atoms with Gasteiger partial charge in [0.05, 0.1) is 10.9 Å². The van der Waals surface area contributed by atoms with Gasteiger partial charge in [-0.3, -0.25) is 9.36 Å². The summed E-state index contributed by atoms with van der Waals surface area (Å²) >= 11 is 3.43. The van der Waals surface area contributed by atoms with Gasteiger partial charge in [-0.2, -0.15) is 0 Å². The second-order valence-corrected chi connectivity index (χ2v) is 5.88. The maximum atomic E-state index is 12.6. The molecule has 94 valence electrons. The molecule has 18 heavy (non-hydrogen) atoms. The first-order valence-electron chi connectivity index (χ1n) is 6.37. The Morgan fingerprint density at radius 1 is 1.39 bits per heavy atom. The smallest absolute Gasteiger partial charge is 0.261 e. The Hall–Kier alpha value is -1.16. The largest absolute Gasteiger partial charge is 0.293 e. The molecule has 1 aliphatic heterocycles. The molecule has 3 rings (SSSR count). The minimum Gasteiger partial charge on any atom is -0.293 e. The van der Waals surface area contributed by atoms with Crippen molar-refractivity contribution >= 4 is 26.8 Å². The molecular formula is C14H15BrN2O. The Labute approximate surface area is 114 Å². The molecule has 0 saturated carbocycles. The van der Waals surface area contributed by atoms with Gasteiger partial charge in [0.25, 0.3) is 5.56 Å². The number of fused-ring (bicyclic) bond motifs is 2. The van der Waals surface area contributed by atoms with Gasteiger partial charge in [-0.05, 0) is 38.0 Å². The summed E-state index contributed by atoms with van der Waals surface area (Å²) < 4.78 is 2.86. The van der Waals surface area contributed by atoms with Crippen LogP contribution in [0.2, 0.25) is 0 Å². The standard InChI is InChI=1S/C14H15BrN2O/c1-9-4-2-3-5-13-16-12-8-10(15)6-7-11(12)14(18)17(9)13/h6-9H,2-5H2,1H3. The van der Waals surface area contributed by atoms with E-state index >= 15 is 0 Å². The molecule has 0 fully saturated rings. The number of aryl methyl sites for hydroxylation is 1. The Morgan fingerprint density at radius 2 is 2.22 bits per heavy atom. The zero-order chi connectivity index (χ0) is 12.7. The van der Waals surface area contributed by atoms with Crippen molar-refractivity contribution in [2.75, 3.05) is 0 Å². The summed E-state index contributed by atoms with van der Waals surface area (Å²) in [7, 11) is 0. The van der Waals surface area contributed by atoms with E-state index < -0.39 is 0 Å². The summed E-state index contributed by atoms with van der Waals surface area (Å²) in [5.74, 6) is 0.940. The normalized spacial score (nSPS) is 19.6. The van der Waals surface area contributed by atoms with E-state index in [1.165, 1.54) is 6.42 Å². The molecule has 0 saturated heterocycles. The molecule has 4 heteroatoms. The lowest BCUT2D eigenvalue weighted by Gasteiger charge is -2.16. The van der Waals surface area contributed by atoms with E-state index in [0.717, 1.165) is 40.5 Å². The number of nitrogens with zero attached hydrogens (tertiary/aromatic N) is 2. The highest BCUT2D eigenvalue weighted by molar-refractivity contribution is 9.10. The quantitative estimate of drug-likeness (QED) is 0.747. The fraction of sp³-hybridized carbons (Fsp3) is 0.429. The van der Waals surface area contributed by atoms with Crippen molar-refractivity contribution in [3.05, 3.63) is 38.9 Å². The van der Waals surface area contributed by atoms with E-state index in [4.69, 9.17) is 0 Å². The Kier molecular flexibility index (Phi) is 2.98. The lowest BCUT2D eigenvalue weighted by Crippen LogP contribution is -2.27. The molecule has 0 amide bonds. The number of hydrogen-bond donors (Lipinski definition) is 0. The number of aromatic nitrogens is 2. The number of hydrogen-bond acceptors (Lipinski definition) is 2. The molecule has 0 N–H and O–H groups in total. The van der Waals surface area contributed by atoms with Gasteiger partial charge in [0.15, 0.2) is 0 Å². The first-order valence-corrected chi connectivity index (χ1v) is 7.17. The third-order valence-corrected chi connectivity index (χ3v) is 4.14. The van der Waals surface area contributed by atoms with E-state index in [1.54, 1.807) is 0 Å². The molecule has 0 aliphatic carbocycles. The summed E-state index contributed by atoms with van der Waals surface area (Å²) in [6, 6.07) is 5.95. The summed E-state index contributed by atoms with van der Waals surface area (Å²) in [4.78, 5) is 17.2. The van der Waals surface area contributed by atoms with Gasteiger partial charge < -0.3 is 0 Å². The Balaban J connectivity index is 2.35. The minimum atomic E-state index is 0.108. The van der Waals surface area contributed by atoms with E-state index in [2.05, 4.69) is 27.8 Å². The van der Waals surface area contributed by atoms with Gasteiger partial charge in [-0.1, -0.05) is 22.4 Å². The highest BCUT2D eigenvalue weighted by Crippen LogP contribution is 2.23. The number of rotatable bonds is 0.